The van der Waals surface area contributed by atoms with Crippen molar-refractivity contribution in [3.63, 3.8) is 0 Å². The summed E-state index contributed by atoms with van der Waals surface area (Å²) < 4.78 is 11.4. The highest BCUT2D eigenvalue weighted by Crippen LogP contribution is 2.31. The quantitative estimate of drug-likeness (QED) is 0.898. The second-order valence-electron chi connectivity index (χ2n) is 5.33. The Hall–Kier alpha value is -0.940. The van der Waals surface area contributed by atoms with Gasteiger partial charge in [-0.25, -0.2) is 0 Å². The van der Waals surface area contributed by atoms with Crippen LogP contribution >= 0.6 is 0 Å². The zero-order valence-corrected chi connectivity index (χ0v) is 11.1. The molecule has 19 heavy (non-hydrogen) atoms. The Labute approximate surface area is 113 Å². The van der Waals surface area contributed by atoms with Crippen molar-refractivity contribution in [2.45, 2.75) is 24.7 Å². The summed E-state index contributed by atoms with van der Waals surface area (Å²) in [5, 5.41) is 10.2. The molecule has 3 rings (SSSR count). The fourth-order valence-electron chi connectivity index (χ4n) is 2.89. The molecule has 4 heteroatoms. The van der Waals surface area contributed by atoms with Gasteiger partial charge in [-0.3, -0.25) is 0 Å². The number of β-amino-alcohol motifs (C(OH)–C–C–N with tert-alkyl or cyclic N) is 1. The number of aliphatic hydroxyl groups excluding tert-OH is 1. The SMILES string of the molecule is OC(CN1CCC2(CC1)OCCO2)c1ccccc1. The van der Waals surface area contributed by atoms with Gasteiger partial charge in [0.05, 0.1) is 19.3 Å². The van der Waals surface area contributed by atoms with Crippen molar-refractivity contribution in [1.82, 2.24) is 4.90 Å². The maximum Gasteiger partial charge on any atom is 0.170 e. The summed E-state index contributed by atoms with van der Waals surface area (Å²) in [6, 6.07) is 9.84. The molecule has 104 valence electrons. The van der Waals surface area contributed by atoms with Gasteiger partial charge in [0, 0.05) is 32.5 Å². The lowest BCUT2D eigenvalue weighted by atomic mass is 10.0. The van der Waals surface area contributed by atoms with Crippen molar-refractivity contribution in [3.8, 4) is 0 Å². The number of aliphatic hydroxyl groups is 1. The highest BCUT2D eigenvalue weighted by Gasteiger charge is 2.39. The molecular formula is C15H21NO3. The van der Waals surface area contributed by atoms with Gasteiger partial charge in [-0.15, -0.1) is 0 Å². The van der Waals surface area contributed by atoms with Crippen molar-refractivity contribution >= 4 is 0 Å². The van der Waals surface area contributed by atoms with Crippen molar-refractivity contribution in [1.29, 1.82) is 0 Å². The number of piperidine rings is 1. The van der Waals surface area contributed by atoms with E-state index in [1.807, 2.05) is 30.3 Å². The third-order valence-corrected chi connectivity index (χ3v) is 4.05. The van der Waals surface area contributed by atoms with Crippen LogP contribution in [0.5, 0.6) is 0 Å². The molecule has 1 aromatic rings. The molecule has 1 N–H and O–H groups in total. The maximum absolute atomic E-state index is 10.2. The van der Waals surface area contributed by atoms with Crippen LogP contribution in [-0.4, -0.2) is 48.6 Å². The van der Waals surface area contributed by atoms with E-state index in [1.165, 1.54) is 0 Å². The van der Waals surface area contributed by atoms with Crippen LogP contribution in [0.1, 0.15) is 24.5 Å². The highest BCUT2D eigenvalue weighted by molar-refractivity contribution is 5.17. The number of rotatable bonds is 3. The van der Waals surface area contributed by atoms with Gasteiger partial charge in [-0.2, -0.15) is 0 Å². The van der Waals surface area contributed by atoms with Crippen LogP contribution in [0.4, 0.5) is 0 Å². The summed E-state index contributed by atoms with van der Waals surface area (Å²) in [6.45, 7) is 3.95. The molecule has 0 saturated carbocycles. The fraction of sp³-hybridized carbons (Fsp3) is 0.600. The second-order valence-corrected chi connectivity index (χ2v) is 5.33. The molecule has 0 amide bonds. The van der Waals surface area contributed by atoms with Crippen LogP contribution in [0.3, 0.4) is 0 Å². The Balaban J connectivity index is 1.52. The average molecular weight is 263 g/mol. The molecule has 0 bridgehead atoms. The minimum absolute atomic E-state index is 0.325. The van der Waals surface area contributed by atoms with E-state index in [0.29, 0.717) is 19.8 Å². The van der Waals surface area contributed by atoms with Crippen LogP contribution in [0.25, 0.3) is 0 Å². The summed E-state index contributed by atoms with van der Waals surface area (Å²) in [5.41, 5.74) is 0.983. The zero-order valence-electron chi connectivity index (χ0n) is 11.1. The first kappa shape index (κ1) is 13.1. The molecule has 1 atom stereocenters. The summed E-state index contributed by atoms with van der Waals surface area (Å²) in [4.78, 5) is 2.29. The molecular weight excluding hydrogens is 242 g/mol. The van der Waals surface area contributed by atoms with E-state index in [4.69, 9.17) is 9.47 Å². The molecule has 0 aromatic heterocycles. The lowest BCUT2D eigenvalue weighted by Crippen LogP contribution is -2.46. The molecule has 2 aliphatic rings. The van der Waals surface area contributed by atoms with Crippen LogP contribution in [-0.2, 0) is 9.47 Å². The Bertz CT molecular complexity index is 393. The number of benzene rings is 1. The maximum atomic E-state index is 10.2. The molecule has 2 fully saturated rings. The van der Waals surface area contributed by atoms with Gasteiger partial charge >= 0.3 is 0 Å². The fourth-order valence-corrected chi connectivity index (χ4v) is 2.89. The van der Waals surface area contributed by atoms with Crippen molar-refractivity contribution in [2.24, 2.45) is 0 Å². The Kier molecular flexibility index (Phi) is 3.84. The lowest BCUT2D eigenvalue weighted by Gasteiger charge is -2.38. The molecule has 1 unspecified atom stereocenters. The summed E-state index contributed by atoms with van der Waals surface area (Å²) in [7, 11) is 0. The summed E-state index contributed by atoms with van der Waals surface area (Å²) >= 11 is 0. The van der Waals surface area contributed by atoms with E-state index in [2.05, 4.69) is 4.90 Å². The largest absolute Gasteiger partial charge is 0.387 e. The first-order chi connectivity index (χ1) is 9.27. The molecule has 0 aliphatic carbocycles. The number of hydrogen-bond acceptors (Lipinski definition) is 4. The van der Waals surface area contributed by atoms with Crippen LogP contribution < -0.4 is 0 Å². The minimum Gasteiger partial charge on any atom is -0.387 e. The standard InChI is InChI=1S/C15H21NO3/c17-14(13-4-2-1-3-5-13)12-16-8-6-15(7-9-16)18-10-11-19-15/h1-5,14,17H,6-12H2. The third-order valence-electron chi connectivity index (χ3n) is 4.05. The van der Waals surface area contributed by atoms with Gasteiger partial charge in [0.25, 0.3) is 0 Å². The topological polar surface area (TPSA) is 41.9 Å². The molecule has 2 aliphatic heterocycles. The van der Waals surface area contributed by atoms with Gasteiger partial charge in [-0.05, 0) is 5.56 Å². The highest BCUT2D eigenvalue weighted by atomic mass is 16.7. The summed E-state index contributed by atoms with van der Waals surface area (Å²) in [6.07, 6.45) is 1.38. The Morgan fingerprint density at radius 1 is 1.11 bits per heavy atom. The zero-order chi connectivity index (χ0) is 13.1. The van der Waals surface area contributed by atoms with Gasteiger partial charge in [0.2, 0.25) is 0 Å². The van der Waals surface area contributed by atoms with Gasteiger partial charge in [0.15, 0.2) is 5.79 Å². The lowest BCUT2D eigenvalue weighted by molar-refractivity contribution is -0.186. The average Bonchev–Trinajstić information content (AvgIpc) is 2.91. The van der Waals surface area contributed by atoms with Crippen molar-refractivity contribution in [3.05, 3.63) is 35.9 Å². The normalized spacial score (nSPS) is 24.7. The second kappa shape index (κ2) is 5.59. The number of nitrogens with zero attached hydrogens (tertiary/aromatic N) is 1. The van der Waals surface area contributed by atoms with E-state index in [0.717, 1.165) is 31.5 Å². The van der Waals surface area contributed by atoms with E-state index in [1.54, 1.807) is 0 Å². The minimum atomic E-state index is -0.416. The van der Waals surface area contributed by atoms with Crippen LogP contribution in [0, 0.1) is 0 Å². The van der Waals surface area contributed by atoms with Crippen molar-refractivity contribution < 1.29 is 14.6 Å². The summed E-state index contributed by atoms with van der Waals surface area (Å²) in [5.74, 6) is -0.325. The van der Waals surface area contributed by atoms with Gasteiger partial charge in [-0.1, -0.05) is 30.3 Å². The van der Waals surface area contributed by atoms with Gasteiger partial charge in [0.1, 0.15) is 0 Å². The Morgan fingerprint density at radius 3 is 2.37 bits per heavy atom. The third kappa shape index (κ3) is 2.98. The molecule has 2 saturated heterocycles. The van der Waals surface area contributed by atoms with Crippen molar-refractivity contribution in [2.75, 3.05) is 32.8 Å². The van der Waals surface area contributed by atoms with E-state index in [9.17, 15) is 5.11 Å². The van der Waals surface area contributed by atoms with E-state index >= 15 is 0 Å². The smallest absolute Gasteiger partial charge is 0.170 e. The van der Waals surface area contributed by atoms with Gasteiger partial charge < -0.3 is 19.5 Å². The first-order valence-electron chi connectivity index (χ1n) is 7.01. The van der Waals surface area contributed by atoms with Crippen LogP contribution in [0.2, 0.25) is 0 Å². The molecule has 1 spiro atoms. The van der Waals surface area contributed by atoms with E-state index < -0.39 is 6.10 Å². The number of likely N-dealkylation sites (tertiary alicyclic amines) is 1. The predicted octanol–water partition coefficient (Wildman–Crippen LogP) is 1.56. The Morgan fingerprint density at radius 2 is 1.74 bits per heavy atom. The molecule has 1 aromatic carbocycles. The number of ether oxygens (including phenoxy) is 2. The molecule has 0 radical (unpaired) electrons. The van der Waals surface area contributed by atoms with E-state index in [-0.39, 0.29) is 5.79 Å². The molecule has 4 nitrogen and oxygen atoms in total. The van der Waals surface area contributed by atoms with Crippen LogP contribution in [0.15, 0.2) is 30.3 Å². The monoisotopic (exact) mass is 263 g/mol. The predicted molar refractivity (Wildman–Crippen MR) is 71.7 cm³/mol. The number of hydrogen-bond donors (Lipinski definition) is 1. The molecule has 2 heterocycles. The first-order valence-corrected chi connectivity index (χ1v) is 7.01.